The maximum atomic E-state index is 13.3. The van der Waals surface area contributed by atoms with Crippen molar-refractivity contribution in [3.8, 4) is 11.5 Å². The zero-order valence-electron chi connectivity index (χ0n) is 25.0. The van der Waals surface area contributed by atoms with E-state index in [1.54, 1.807) is 24.3 Å². The molecule has 10 heteroatoms. The smallest absolute Gasteiger partial charge is 0.338 e. The average Bonchev–Trinajstić information content (AvgIpc) is 3.21. The maximum Gasteiger partial charge on any atom is 0.338 e. The number of anilines is 1. The van der Waals surface area contributed by atoms with Crippen molar-refractivity contribution < 1.29 is 29.3 Å². The van der Waals surface area contributed by atoms with E-state index in [4.69, 9.17) is 4.74 Å². The third-order valence-corrected chi connectivity index (χ3v) is 7.65. The summed E-state index contributed by atoms with van der Waals surface area (Å²) in [7, 11) is 3.69. The van der Waals surface area contributed by atoms with E-state index in [2.05, 4.69) is 10.6 Å². The Kier molecular flexibility index (Phi) is 11.6. The number of phenolic OH excluding ortho intramolecular Hbond substituents is 2. The molecule has 0 aromatic heterocycles. The fraction of sp³-hybridized carbons (Fsp3) is 0.364. The van der Waals surface area contributed by atoms with Gasteiger partial charge < -0.3 is 30.5 Å². The van der Waals surface area contributed by atoms with Crippen LogP contribution in [0, 0.1) is 0 Å². The fourth-order valence-corrected chi connectivity index (χ4v) is 5.09. The lowest BCUT2D eigenvalue weighted by Gasteiger charge is -2.26. The molecule has 0 unspecified atom stereocenters. The van der Waals surface area contributed by atoms with Gasteiger partial charge in [-0.25, -0.2) is 4.79 Å². The average molecular weight is 610 g/mol. The zero-order chi connectivity index (χ0) is 30.4. The van der Waals surface area contributed by atoms with Crippen LogP contribution in [0.5, 0.6) is 11.5 Å². The first-order valence-corrected chi connectivity index (χ1v) is 14.3. The normalized spacial score (nSPS) is 16.4. The molecule has 230 valence electrons. The van der Waals surface area contributed by atoms with Crippen molar-refractivity contribution in [1.29, 1.82) is 0 Å². The van der Waals surface area contributed by atoms with E-state index in [-0.39, 0.29) is 46.7 Å². The van der Waals surface area contributed by atoms with Gasteiger partial charge in [-0.05, 0) is 85.8 Å². The molecule has 1 saturated heterocycles. The third-order valence-electron chi connectivity index (χ3n) is 7.65. The molecule has 0 saturated carbocycles. The van der Waals surface area contributed by atoms with Crippen molar-refractivity contribution in [2.45, 2.75) is 51.7 Å². The summed E-state index contributed by atoms with van der Waals surface area (Å²) in [5.41, 5.74) is 3.43. The number of benzene rings is 3. The van der Waals surface area contributed by atoms with Crippen LogP contribution in [0.15, 0.2) is 54.6 Å². The van der Waals surface area contributed by atoms with E-state index >= 15 is 0 Å². The standard InChI is InChI=1S/C33H39N3O6.ClH/c1-5-20-16-24(17-21(6-2)30(20)38)32(40)35-27-19-34-15-7-8-29(27)42-33(41)23-11-9-22(10-12-23)31(39)26-18-25(36(3)4)13-14-28(26)37;/h9-14,16-18,27,29,34,37-38H,5-8,15,19H2,1-4H3,(H,35,40);1H/t27-,29-;/m1./s1. The quantitative estimate of drug-likeness (QED) is 0.204. The van der Waals surface area contributed by atoms with Gasteiger partial charge in [-0.1, -0.05) is 26.0 Å². The van der Waals surface area contributed by atoms with E-state index < -0.39 is 18.1 Å². The molecule has 3 aromatic rings. The van der Waals surface area contributed by atoms with Crippen LogP contribution >= 0.6 is 12.4 Å². The molecule has 2 atom stereocenters. The highest BCUT2D eigenvalue weighted by atomic mass is 35.5. The molecular weight excluding hydrogens is 570 g/mol. The van der Waals surface area contributed by atoms with Gasteiger partial charge >= 0.3 is 5.97 Å². The van der Waals surface area contributed by atoms with Gasteiger partial charge in [0.1, 0.15) is 17.6 Å². The van der Waals surface area contributed by atoms with Gasteiger partial charge in [-0.2, -0.15) is 0 Å². The number of aryl methyl sites for hydroxylation is 2. The summed E-state index contributed by atoms with van der Waals surface area (Å²) < 4.78 is 5.90. The lowest BCUT2D eigenvalue weighted by molar-refractivity contribution is 0.0192. The summed E-state index contributed by atoms with van der Waals surface area (Å²) in [6.07, 6.45) is 1.97. The lowest BCUT2D eigenvalue weighted by Crippen LogP contribution is -2.49. The third kappa shape index (κ3) is 7.86. The Balaban J connectivity index is 0.00000506. The van der Waals surface area contributed by atoms with Crippen LogP contribution < -0.4 is 15.5 Å². The molecule has 1 aliphatic rings. The van der Waals surface area contributed by atoms with Gasteiger partial charge in [-0.15, -0.1) is 12.4 Å². The highest BCUT2D eigenvalue weighted by Crippen LogP contribution is 2.27. The molecule has 3 aromatic carbocycles. The number of esters is 1. The predicted molar refractivity (Wildman–Crippen MR) is 169 cm³/mol. The number of halogens is 1. The Hall–Kier alpha value is -4.08. The summed E-state index contributed by atoms with van der Waals surface area (Å²) in [6, 6.07) is 13.9. The molecule has 0 radical (unpaired) electrons. The second-order valence-corrected chi connectivity index (χ2v) is 10.7. The number of phenols is 2. The Morgan fingerprint density at radius 2 is 1.56 bits per heavy atom. The van der Waals surface area contributed by atoms with Gasteiger partial charge in [0.2, 0.25) is 0 Å². The molecule has 1 fully saturated rings. The first-order valence-electron chi connectivity index (χ1n) is 14.3. The van der Waals surface area contributed by atoms with Crippen LogP contribution in [0.3, 0.4) is 0 Å². The van der Waals surface area contributed by atoms with Crippen LogP contribution in [0.2, 0.25) is 0 Å². The number of rotatable bonds is 9. The molecule has 4 rings (SSSR count). The number of ketones is 1. The van der Waals surface area contributed by atoms with Crippen molar-refractivity contribution in [2.75, 3.05) is 32.1 Å². The van der Waals surface area contributed by atoms with E-state index in [1.807, 2.05) is 32.8 Å². The molecule has 4 N–H and O–H groups in total. The molecule has 9 nitrogen and oxygen atoms in total. The molecule has 1 aliphatic heterocycles. The molecule has 0 bridgehead atoms. The summed E-state index contributed by atoms with van der Waals surface area (Å²) >= 11 is 0. The van der Waals surface area contributed by atoms with Crippen LogP contribution in [0.1, 0.15) is 74.5 Å². The largest absolute Gasteiger partial charge is 0.507 e. The van der Waals surface area contributed by atoms with E-state index in [0.717, 1.165) is 18.7 Å². The first-order chi connectivity index (χ1) is 20.1. The monoisotopic (exact) mass is 609 g/mol. The number of ether oxygens (including phenoxy) is 1. The molecular formula is C33H40ClN3O6. The molecule has 1 amide bonds. The predicted octanol–water partition coefficient (Wildman–Crippen LogP) is 4.65. The van der Waals surface area contributed by atoms with Gasteiger partial charge in [0.15, 0.2) is 5.78 Å². The van der Waals surface area contributed by atoms with Crippen molar-refractivity contribution in [2.24, 2.45) is 0 Å². The first kappa shape index (κ1) is 33.4. The van der Waals surface area contributed by atoms with Crippen LogP contribution in [0.25, 0.3) is 0 Å². The number of aromatic hydroxyl groups is 2. The summed E-state index contributed by atoms with van der Waals surface area (Å²) in [5, 5.41) is 27.0. The van der Waals surface area contributed by atoms with Gasteiger partial charge in [0.25, 0.3) is 5.91 Å². The van der Waals surface area contributed by atoms with Crippen LogP contribution in [-0.2, 0) is 17.6 Å². The minimum absolute atomic E-state index is 0. The topological polar surface area (TPSA) is 128 Å². The van der Waals surface area contributed by atoms with Crippen molar-refractivity contribution >= 4 is 35.8 Å². The van der Waals surface area contributed by atoms with Gasteiger partial charge in [0.05, 0.1) is 17.2 Å². The number of carbonyl (C=O) groups excluding carboxylic acids is 3. The Bertz CT molecular complexity index is 1430. The SMILES string of the molecule is CCc1cc(C(=O)N[C@@H]2CNCCC[C@H]2OC(=O)c2ccc(C(=O)c3cc(N(C)C)ccc3O)cc2)cc(CC)c1O.Cl. The summed E-state index contributed by atoms with van der Waals surface area (Å²) in [6.45, 7) is 5.02. The van der Waals surface area contributed by atoms with Crippen LogP contribution in [-0.4, -0.2) is 67.2 Å². The molecule has 43 heavy (non-hydrogen) atoms. The van der Waals surface area contributed by atoms with Gasteiger partial charge in [-0.3, -0.25) is 9.59 Å². The second-order valence-electron chi connectivity index (χ2n) is 10.7. The lowest BCUT2D eigenvalue weighted by atomic mass is 9.99. The van der Waals surface area contributed by atoms with Crippen LogP contribution in [0.4, 0.5) is 5.69 Å². The van der Waals surface area contributed by atoms with E-state index in [1.165, 1.54) is 30.3 Å². The number of carbonyl (C=O) groups is 3. The highest BCUT2D eigenvalue weighted by Gasteiger charge is 2.29. The number of nitrogens with zero attached hydrogens (tertiary/aromatic N) is 1. The summed E-state index contributed by atoms with van der Waals surface area (Å²) in [5.74, 6) is -1.10. The highest BCUT2D eigenvalue weighted by molar-refractivity contribution is 6.11. The minimum atomic E-state index is -0.558. The van der Waals surface area contributed by atoms with Crippen molar-refractivity contribution in [3.63, 3.8) is 0 Å². The number of hydrogen-bond acceptors (Lipinski definition) is 8. The van der Waals surface area contributed by atoms with E-state index in [0.29, 0.717) is 48.1 Å². The number of nitrogens with one attached hydrogen (secondary N) is 2. The number of amides is 1. The van der Waals surface area contributed by atoms with E-state index in [9.17, 15) is 24.6 Å². The Labute approximate surface area is 258 Å². The minimum Gasteiger partial charge on any atom is -0.507 e. The summed E-state index contributed by atoms with van der Waals surface area (Å²) in [4.78, 5) is 41.3. The van der Waals surface area contributed by atoms with Crippen molar-refractivity contribution in [3.05, 3.63) is 88.0 Å². The maximum absolute atomic E-state index is 13.3. The fourth-order valence-electron chi connectivity index (χ4n) is 5.09. The Morgan fingerprint density at radius 3 is 2.16 bits per heavy atom. The molecule has 0 aliphatic carbocycles. The Morgan fingerprint density at radius 1 is 0.930 bits per heavy atom. The van der Waals surface area contributed by atoms with Gasteiger partial charge in [0, 0.05) is 37.5 Å². The zero-order valence-corrected chi connectivity index (χ0v) is 25.8. The second kappa shape index (κ2) is 14.9. The van der Waals surface area contributed by atoms with Crippen molar-refractivity contribution in [1.82, 2.24) is 10.6 Å². The molecule has 1 heterocycles. The number of hydrogen-bond donors (Lipinski definition) is 4. The molecule has 0 spiro atoms.